The van der Waals surface area contributed by atoms with E-state index in [1.165, 1.54) is 17.0 Å². The highest BCUT2D eigenvalue weighted by Gasteiger charge is 2.24. The first-order chi connectivity index (χ1) is 9.25. The van der Waals surface area contributed by atoms with E-state index < -0.39 is 0 Å². The zero-order chi connectivity index (χ0) is 15.3. The molecular weight excluding hydrogens is 266 g/mol. The third kappa shape index (κ3) is 5.06. The van der Waals surface area contributed by atoms with Crippen molar-refractivity contribution in [3.8, 4) is 0 Å². The minimum absolute atomic E-state index is 0.110. The monoisotopic (exact) mass is 297 g/mol. The molecule has 0 aromatic carbocycles. The van der Waals surface area contributed by atoms with Gasteiger partial charge in [0, 0.05) is 30.4 Å². The van der Waals surface area contributed by atoms with Crippen LogP contribution in [0.2, 0.25) is 0 Å². The molecule has 20 heavy (non-hydrogen) atoms. The molecule has 0 radical (unpaired) electrons. The van der Waals surface area contributed by atoms with E-state index in [0.717, 1.165) is 30.7 Å². The molecule has 0 spiro atoms. The topological polar surface area (TPSA) is 28.2 Å². The average Bonchev–Trinajstić information content (AvgIpc) is 2.77. The number of thiazole rings is 1. The maximum absolute atomic E-state index is 4.92. The molecule has 0 aliphatic rings. The Bertz CT molecular complexity index is 404. The van der Waals surface area contributed by atoms with Gasteiger partial charge in [0.25, 0.3) is 0 Å². The van der Waals surface area contributed by atoms with Crippen LogP contribution in [0.5, 0.6) is 0 Å². The van der Waals surface area contributed by atoms with Gasteiger partial charge in [-0.05, 0) is 18.9 Å². The molecule has 3 nitrogen and oxygen atoms in total. The first-order valence-corrected chi connectivity index (χ1v) is 8.49. The largest absolute Gasteiger partial charge is 0.351 e. The van der Waals surface area contributed by atoms with Crippen molar-refractivity contribution >= 4 is 16.5 Å². The van der Waals surface area contributed by atoms with Crippen molar-refractivity contribution in [3.63, 3.8) is 0 Å². The fraction of sp³-hybridized carbons (Fsp3) is 0.812. The molecule has 1 aromatic heterocycles. The number of rotatable bonds is 7. The Morgan fingerprint density at radius 1 is 1.30 bits per heavy atom. The number of nitrogens with one attached hydrogen (secondary N) is 1. The molecule has 0 bridgehead atoms. The highest BCUT2D eigenvalue weighted by molar-refractivity contribution is 7.15. The quantitative estimate of drug-likeness (QED) is 0.823. The third-order valence-corrected chi connectivity index (χ3v) is 4.47. The number of hydrogen-bond acceptors (Lipinski definition) is 4. The predicted octanol–water partition coefficient (Wildman–Crippen LogP) is 4.03. The minimum Gasteiger partial charge on any atom is -0.351 e. The van der Waals surface area contributed by atoms with Crippen molar-refractivity contribution < 1.29 is 0 Å². The van der Waals surface area contributed by atoms with Gasteiger partial charge < -0.3 is 10.2 Å². The lowest BCUT2D eigenvalue weighted by atomic mass is 9.91. The summed E-state index contributed by atoms with van der Waals surface area (Å²) < 4.78 is 0. The Balaban J connectivity index is 2.90. The van der Waals surface area contributed by atoms with E-state index >= 15 is 0 Å². The van der Waals surface area contributed by atoms with E-state index in [-0.39, 0.29) is 5.41 Å². The zero-order valence-electron chi connectivity index (χ0n) is 14.2. The van der Waals surface area contributed by atoms with Gasteiger partial charge in [-0.15, -0.1) is 11.3 Å². The fourth-order valence-corrected chi connectivity index (χ4v) is 3.22. The first kappa shape index (κ1) is 17.4. The fourth-order valence-electron chi connectivity index (χ4n) is 1.99. The Hall–Kier alpha value is -0.610. The molecule has 0 saturated heterocycles. The number of anilines is 1. The molecule has 0 aliphatic carbocycles. The number of hydrogen-bond donors (Lipinski definition) is 1. The van der Waals surface area contributed by atoms with Gasteiger partial charge >= 0.3 is 0 Å². The van der Waals surface area contributed by atoms with Crippen LogP contribution < -0.4 is 10.2 Å². The summed E-state index contributed by atoms with van der Waals surface area (Å²) in [6.07, 6.45) is 1.21. The van der Waals surface area contributed by atoms with Crippen LogP contribution in [0.25, 0.3) is 0 Å². The van der Waals surface area contributed by atoms with Crippen molar-refractivity contribution in [3.05, 3.63) is 10.6 Å². The minimum atomic E-state index is 0.110. The lowest BCUT2D eigenvalue weighted by Gasteiger charge is -2.19. The van der Waals surface area contributed by atoms with Crippen LogP contribution in [0, 0.1) is 5.92 Å². The van der Waals surface area contributed by atoms with Gasteiger partial charge in [0.15, 0.2) is 5.13 Å². The molecule has 0 unspecified atom stereocenters. The van der Waals surface area contributed by atoms with Gasteiger partial charge in [0.05, 0.1) is 5.69 Å². The van der Waals surface area contributed by atoms with Crippen molar-refractivity contribution in [2.45, 2.75) is 59.9 Å². The molecule has 116 valence electrons. The van der Waals surface area contributed by atoms with Crippen LogP contribution in [0.1, 0.15) is 58.5 Å². The second kappa shape index (κ2) is 7.41. The van der Waals surface area contributed by atoms with Gasteiger partial charge in [0.2, 0.25) is 0 Å². The Morgan fingerprint density at radius 2 is 1.95 bits per heavy atom. The standard InChI is InChI=1S/C16H31N3S/c1-8-17-11-13-14(16(4,5)6)18-15(20-13)19(7)10-9-12(2)3/h12,17H,8-11H2,1-7H3. The van der Waals surface area contributed by atoms with Gasteiger partial charge in [-0.2, -0.15) is 0 Å². The van der Waals surface area contributed by atoms with Crippen LogP contribution in [-0.4, -0.2) is 25.1 Å². The smallest absolute Gasteiger partial charge is 0.185 e. The van der Waals surface area contributed by atoms with Crippen LogP contribution in [0.4, 0.5) is 5.13 Å². The molecule has 0 atom stereocenters. The normalized spacial score (nSPS) is 12.2. The summed E-state index contributed by atoms with van der Waals surface area (Å²) in [7, 11) is 2.16. The molecule has 1 heterocycles. The van der Waals surface area contributed by atoms with Crippen molar-refractivity contribution in [1.82, 2.24) is 10.3 Å². The van der Waals surface area contributed by atoms with E-state index in [2.05, 4.69) is 58.8 Å². The Morgan fingerprint density at radius 3 is 2.45 bits per heavy atom. The van der Waals surface area contributed by atoms with Gasteiger partial charge in [-0.1, -0.05) is 41.5 Å². The summed E-state index contributed by atoms with van der Waals surface area (Å²) in [4.78, 5) is 8.60. The Kier molecular flexibility index (Phi) is 6.46. The molecule has 1 N–H and O–H groups in total. The summed E-state index contributed by atoms with van der Waals surface area (Å²) in [6, 6.07) is 0. The molecule has 0 saturated carbocycles. The van der Waals surface area contributed by atoms with E-state index in [1.54, 1.807) is 0 Å². The first-order valence-electron chi connectivity index (χ1n) is 7.67. The van der Waals surface area contributed by atoms with Gasteiger partial charge in [-0.25, -0.2) is 4.98 Å². The van der Waals surface area contributed by atoms with Gasteiger partial charge in [-0.3, -0.25) is 0 Å². The van der Waals surface area contributed by atoms with Crippen LogP contribution in [-0.2, 0) is 12.0 Å². The maximum atomic E-state index is 4.92. The second-order valence-corrected chi connectivity index (χ2v) is 7.96. The van der Waals surface area contributed by atoms with E-state index in [9.17, 15) is 0 Å². The van der Waals surface area contributed by atoms with Crippen molar-refractivity contribution in [2.75, 3.05) is 25.0 Å². The zero-order valence-corrected chi connectivity index (χ0v) is 15.0. The molecular formula is C16H31N3S. The van der Waals surface area contributed by atoms with Crippen molar-refractivity contribution in [2.24, 2.45) is 5.92 Å². The van der Waals surface area contributed by atoms with E-state index in [1.807, 2.05) is 11.3 Å². The lowest BCUT2D eigenvalue weighted by molar-refractivity contribution is 0.558. The average molecular weight is 298 g/mol. The molecule has 1 aromatic rings. The van der Waals surface area contributed by atoms with E-state index in [4.69, 9.17) is 4.98 Å². The predicted molar refractivity (Wildman–Crippen MR) is 90.9 cm³/mol. The van der Waals surface area contributed by atoms with E-state index in [0.29, 0.717) is 0 Å². The van der Waals surface area contributed by atoms with Gasteiger partial charge in [0.1, 0.15) is 0 Å². The van der Waals surface area contributed by atoms with Crippen LogP contribution in [0.15, 0.2) is 0 Å². The summed E-state index contributed by atoms with van der Waals surface area (Å²) in [6.45, 7) is 16.4. The van der Waals surface area contributed by atoms with Crippen LogP contribution in [0.3, 0.4) is 0 Å². The van der Waals surface area contributed by atoms with Crippen molar-refractivity contribution in [1.29, 1.82) is 0 Å². The highest BCUT2D eigenvalue weighted by Crippen LogP contribution is 2.33. The number of nitrogens with zero attached hydrogens (tertiary/aromatic N) is 2. The molecule has 1 rings (SSSR count). The maximum Gasteiger partial charge on any atom is 0.185 e. The second-order valence-electron chi connectivity index (χ2n) is 6.90. The highest BCUT2D eigenvalue weighted by atomic mass is 32.1. The molecule has 0 aliphatic heterocycles. The molecule has 0 amide bonds. The summed E-state index contributed by atoms with van der Waals surface area (Å²) in [5, 5.41) is 4.59. The third-order valence-electron chi connectivity index (χ3n) is 3.30. The summed E-state index contributed by atoms with van der Waals surface area (Å²) >= 11 is 1.84. The SMILES string of the molecule is CCNCc1sc(N(C)CCC(C)C)nc1C(C)(C)C. The molecule has 0 fully saturated rings. The molecule has 4 heteroatoms. The summed E-state index contributed by atoms with van der Waals surface area (Å²) in [5.41, 5.74) is 1.35. The lowest BCUT2D eigenvalue weighted by Crippen LogP contribution is -2.21. The number of aromatic nitrogens is 1. The summed E-state index contributed by atoms with van der Waals surface area (Å²) in [5.74, 6) is 0.737. The Labute approximate surface area is 128 Å². The van der Waals surface area contributed by atoms with Crippen LogP contribution >= 0.6 is 11.3 Å².